The lowest BCUT2D eigenvalue weighted by atomic mass is 10.0. The zero-order chi connectivity index (χ0) is 15.7. The molecule has 1 aromatic rings. The Morgan fingerprint density at radius 1 is 1.48 bits per heavy atom. The van der Waals surface area contributed by atoms with Crippen molar-refractivity contribution >= 4 is 23.4 Å². The van der Waals surface area contributed by atoms with E-state index in [1.807, 2.05) is 0 Å². The number of nitrogens with two attached hydrogens (primary N) is 1. The average molecular weight is 293 g/mol. The molecule has 2 rings (SSSR count). The minimum Gasteiger partial charge on any atom is -0.399 e. The zero-order valence-electron chi connectivity index (χ0n) is 11.8. The van der Waals surface area contributed by atoms with Crippen molar-refractivity contribution in [1.82, 2.24) is 10.2 Å². The molecule has 0 bridgehead atoms. The number of hydrogen-bond donors (Lipinski definition) is 2. The number of rotatable bonds is 2. The number of imide groups is 1. The third kappa shape index (κ3) is 2.72. The zero-order valence-corrected chi connectivity index (χ0v) is 11.8. The van der Waals surface area contributed by atoms with Gasteiger partial charge < -0.3 is 10.6 Å². The van der Waals surface area contributed by atoms with Crippen molar-refractivity contribution in [3.63, 3.8) is 0 Å². The largest absolute Gasteiger partial charge is 0.399 e. The van der Waals surface area contributed by atoms with E-state index in [2.05, 4.69) is 5.32 Å². The first kappa shape index (κ1) is 15.0. The first-order chi connectivity index (χ1) is 9.85. The Morgan fingerprint density at radius 3 is 2.76 bits per heavy atom. The van der Waals surface area contributed by atoms with Gasteiger partial charge in [-0.2, -0.15) is 0 Å². The molecule has 1 aromatic carbocycles. The smallest absolute Gasteiger partial charge is 0.258 e. The van der Waals surface area contributed by atoms with Gasteiger partial charge in [0.2, 0.25) is 11.8 Å². The molecule has 3 N–H and O–H groups in total. The highest BCUT2D eigenvalue weighted by Crippen LogP contribution is 2.21. The second-order valence-electron chi connectivity index (χ2n) is 4.97. The number of aryl methyl sites for hydroxylation is 1. The molecule has 1 unspecified atom stereocenters. The standard InChI is InChI=1S/C14H16FN3O3/c1-3-10-13(20)17-11(19)6-18(10)14(21)9-5-8(16)4-7(2)12(9)15/h4-5,10H,3,6,16H2,1-2H3,(H,17,19,20). The van der Waals surface area contributed by atoms with Crippen LogP contribution < -0.4 is 11.1 Å². The Balaban J connectivity index is 2.42. The molecule has 1 heterocycles. The van der Waals surface area contributed by atoms with Crippen LogP contribution >= 0.6 is 0 Å². The number of piperazine rings is 1. The maximum absolute atomic E-state index is 14.1. The predicted octanol–water partition coefficient (Wildman–Crippen LogP) is 0.594. The van der Waals surface area contributed by atoms with Gasteiger partial charge in [0.05, 0.1) is 5.56 Å². The van der Waals surface area contributed by atoms with Gasteiger partial charge in [-0.25, -0.2) is 4.39 Å². The van der Waals surface area contributed by atoms with Crippen LogP contribution in [0, 0.1) is 12.7 Å². The second kappa shape index (κ2) is 5.51. The molecule has 0 spiro atoms. The Hall–Kier alpha value is -2.44. The lowest BCUT2D eigenvalue weighted by Gasteiger charge is -2.33. The Bertz CT molecular complexity index is 630. The highest BCUT2D eigenvalue weighted by molar-refractivity contribution is 6.07. The number of nitrogens with one attached hydrogen (secondary N) is 1. The fourth-order valence-corrected chi connectivity index (χ4v) is 2.39. The second-order valence-corrected chi connectivity index (χ2v) is 4.97. The van der Waals surface area contributed by atoms with Gasteiger partial charge in [-0.05, 0) is 31.0 Å². The Kier molecular flexibility index (Phi) is 3.93. The minimum absolute atomic E-state index is 0.228. The number of hydrogen-bond acceptors (Lipinski definition) is 4. The van der Waals surface area contributed by atoms with E-state index < -0.39 is 29.6 Å². The predicted molar refractivity (Wildman–Crippen MR) is 73.8 cm³/mol. The summed E-state index contributed by atoms with van der Waals surface area (Å²) >= 11 is 0. The highest BCUT2D eigenvalue weighted by atomic mass is 19.1. The molecule has 1 atom stereocenters. The minimum atomic E-state index is -0.795. The van der Waals surface area contributed by atoms with Crippen LogP contribution in [0.5, 0.6) is 0 Å². The summed E-state index contributed by atoms with van der Waals surface area (Å²) < 4.78 is 14.1. The van der Waals surface area contributed by atoms with Crippen molar-refractivity contribution in [2.75, 3.05) is 12.3 Å². The van der Waals surface area contributed by atoms with Crippen molar-refractivity contribution in [3.8, 4) is 0 Å². The number of benzene rings is 1. The van der Waals surface area contributed by atoms with Gasteiger partial charge in [0.1, 0.15) is 18.4 Å². The van der Waals surface area contributed by atoms with E-state index in [1.54, 1.807) is 6.92 Å². The number of anilines is 1. The van der Waals surface area contributed by atoms with Gasteiger partial charge in [-0.15, -0.1) is 0 Å². The van der Waals surface area contributed by atoms with Gasteiger partial charge in [0.15, 0.2) is 0 Å². The third-order valence-corrected chi connectivity index (χ3v) is 3.41. The summed E-state index contributed by atoms with van der Waals surface area (Å²) in [4.78, 5) is 36.8. The van der Waals surface area contributed by atoms with Gasteiger partial charge >= 0.3 is 0 Å². The van der Waals surface area contributed by atoms with E-state index in [4.69, 9.17) is 5.73 Å². The molecule has 1 aliphatic heterocycles. The average Bonchev–Trinajstić information content (AvgIpc) is 2.41. The van der Waals surface area contributed by atoms with Crippen molar-refractivity contribution < 1.29 is 18.8 Å². The summed E-state index contributed by atoms with van der Waals surface area (Å²) in [6.07, 6.45) is 0.327. The third-order valence-electron chi connectivity index (χ3n) is 3.41. The summed E-state index contributed by atoms with van der Waals surface area (Å²) in [6, 6.07) is 1.84. The lowest BCUT2D eigenvalue weighted by Crippen LogP contribution is -2.59. The number of halogens is 1. The van der Waals surface area contributed by atoms with E-state index in [0.717, 1.165) is 4.90 Å². The van der Waals surface area contributed by atoms with E-state index in [-0.39, 0.29) is 23.4 Å². The normalized spacial score (nSPS) is 18.6. The maximum Gasteiger partial charge on any atom is 0.258 e. The summed E-state index contributed by atoms with van der Waals surface area (Å²) in [5.41, 5.74) is 5.89. The first-order valence-electron chi connectivity index (χ1n) is 6.55. The molecule has 112 valence electrons. The maximum atomic E-state index is 14.1. The molecular formula is C14H16FN3O3. The molecule has 1 saturated heterocycles. The fourth-order valence-electron chi connectivity index (χ4n) is 2.39. The number of amides is 3. The number of carbonyl (C=O) groups is 3. The van der Waals surface area contributed by atoms with Crippen LogP contribution in [0.3, 0.4) is 0 Å². The molecule has 1 aliphatic rings. The van der Waals surface area contributed by atoms with Crippen LogP contribution in [-0.2, 0) is 9.59 Å². The van der Waals surface area contributed by atoms with Crippen LogP contribution in [0.2, 0.25) is 0 Å². The Labute approximate surface area is 121 Å². The molecule has 0 aromatic heterocycles. The van der Waals surface area contributed by atoms with Gasteiger partial charge in [0.25, 0.3) is 5.91 Å². The van der Waals surface area contributed by atoms with Gasteiger partial charge in [-0.3, -0.25) is 19.7 Å². The van der Waals surface area contributed by atoms with Crippen LogP contribution in [0.4, 0.5) is 10.1 Å². The molecule has 3 amide bonds. The van der Waals surface area contributed by atoms with E-state index in [1.165, 1.54) is 19.1 Å². The molecular weight excluding hydrogens is 277 g/mol. The topological polar surface area (TPSA) is 92.5 Å². The van der Waals surface area contributed by atoms with E-state index >= 15 is 0 Å². The van der Waals surface area contributed by atoms with Crippen molar-refractivity contribution in [2.24, 2.45) is 0 Å². The molecule has 1 fully saturated rings. The van der Waals surface area contributed by atoms with Crippen LogP contribution in [0.15, 0.2) is 12.1 Å². The van der Waals surface area contributed by atoms with Crippen LogP contribution in [-0.4, -0.2) is 35.2 Å². The molecule has 0 aliphatic carbocycles. The van der Waals surface area contributed by atoms with Crippen molar-refractivity contribution in [1.29, 1.82) is 0 Å². The molecule has 6 nitrogen and oxygen atoms in total. The summed E-state index contributed by atoms with van der Waals surface area (Å²) in [5, 5.41) is 2.16. The summed E-state index contributed by atoms with van der Waals surface area (Å²) in [6.45, 7) is 2.92. The molecule has 0 radical (unpaired) electrons. The van der Waals surface area contributed by atoms with Crippen molar-refractivity contribution in [2.45, 2.75) is 26.3 Å². The molecule has 7 heteroatoms. The SMILES string of the molecule is CCC1C(=O)NC(=O)CN1C(=O)c1cc(N)cc(C)c1F. The Morgan fingerprint density at radius 2 is 2.14 bits per heavy atom. The number of carbonyl (C=O) groups excluding carboxylic acids is 3. The van der Waals surface area contributed by atoms with Crippen LogP contribution in [0.1, 0.15) is 29.3 Å². The van der Waals surface area contributed by atoms with Crippen LogP contribution in [0.25, 0.3) is 0 Å². The van der Waals surface area contributed by atoms with E-state index in [0.29, 0.717) is 6.42 Å². The van der Waals surface area contributed by atoms with Crippen molar-refractivity contribution in [3.05, 3.63) is 29.1 Å². The monoisotopic (exact) mass is 293 g/mol. The number of nitrogen functional groups attached to an aromatic ring is 1. The molecule has 0 saturated carbocycles. The molecule has 21 heavy (non-hydrogen) atoms. The first-order valence-corrected chi connectivity index (χ1v) is 6.55. The highest BCUT2D eigenvalue weighted by Gasteiger charge is 2.36. The quantitative estimate of drug-likeness (QED) is 0.616. The lowest BCUT2D eigenvalue weighted by molar-refractivity contribution is -0.138. The van der Waals surface area contributed by atoms with Gasteiger partial charge in [0, 0.05) is 5.69 Å². The summed E-state index contributed by atoms with van der Waals surface area (Å²) in [7, 11) is 0. The summed E-state index contributed by atoms with van der Waals surface area (Å²) in [5.74, 6) is -2.54. The van der Waals surface area contributed by atoms with E-state index in [9.17, 15) is 18.8 Å². The number of nitrogens with zero attached hydrogens (tertiary/aromatic N) is 1. The van der Waals surface area contributed by atoms with Gasteiger partial charge in [-0.1, -0.05) is 6.92 Å². The fraction of sp³-hybridized carbons (Fsp3) is 0.357.